The minimum absolute atomic E-state index is 0.484. The lowest BCUT2D eigenvalue weighted by atomic mass is 10.2. The highest BCUT2D eigenvalue weighted by molar-refractivity contribution is 7.99. The van der Waals surface area contributed by atoms with E-state index in [4.69, 9.17) is 16.3 Å². The van der Waals surface area contributed by atoms with Crippen molar-refractivity contribution in [2.75, 3.05) is 31.6 Å². The van der Waals surface area contributed by atoms with E-state index < -0.39 is 0 Å². The first-order valence-corrected chi connectivity index (χ1v) is 8.95. The molecule has 1 aliphatic heterocycles. The van der Waals surface area contributed by atoms with E-state index in [1.165, 1.54) is 10.6 Å². The summed E-state index contributed by atoms with van der Waals surface area (Å²) in [6.07, 6.45) is 0. The molecule has 1 saturated heterocycles. The Balaban J connectivity index is 1.89. The lowest BCUT2D eigenvalue weighted by Gasteiger charge is -2.34. The summed E-state index contributed by atoms with van der Waals surface area (Å²) in [5.74, 6) is 0.876. The summed E-state index contributed by atoms with van der Waals surface area (Å²) < 4.78 is 5.32. The second kappa shape index (κ2) is 7.47. The molecule has 1 heterocycles. The zero-order valence-corrected chi connectivity index (χ0v) is 15.0. The van der Waals surface area contributed by atoms with E-state index in [9.17, 15) is 0 Å². The van der Waals surface area contributed by atoms with Crippen molar-refractivity contribution in [1.29, 1.82) is 0 Å². The maximum absolute atomic E-state index is 6.25. The number of hydrogen-bond donors (Lipinski definition) is 1. The Bertz CT molecular complexity index is 680. The largest absolute Gasteiger partial charge is 0.497 e. The van der Waals surface area contributed by atoms with Gasteiger partial charge >= 0.3 is 0 Å². The van der Waals surface area contributed by atoms with Crippen LogP contribution >= 0.6 is 23.4 Å². The van der Waals surface area contributed by atoms with Crippen molar-refractivity contribution >= 4 is 29.1 Å². The molecule has 0 aromatic heterocycles. The van der Waals surface area contributed by atoms with Crippen LogP contribution in [0.5, 0.6) is 5.75 Å². The van der Waals surface area contributed by atoms with Crippen LogP contribution in [0.2, 0.25) is 5.02 Å². The van der Waals surface area contributed by atoms with Gasteiger partial charge in [-0.25, -0.2) is 0 Å². The standard InChI is InChI=1S/C18H21ClN2OS/c1-13-12-21(9-8-20-13)17-10-14(19)6-7-18(17)23-16-5-3-4-15(11-16)22-2/h3-7,10-11,13,20H,8-9,12H2,1-2H3/t13-/m1/s1. The van der Waals surface area contributed by atoms with Crippen LogP contribution in [0.4, 0.5) is 5.69 Å². The fraction of sp³-hybridized carbons (Fsp3) is 0.333. The van der Waals surface area contributed by atoms with Crippen LogP contribution in [0.3, 0.4) is 0 Å². The maximum atomic E-state index is 6.25. The van der Waals surface area contributed by atoms with Gasteiger partial charge in [0, 0.05) is 40.5 Å². The number of piperazine rings is 1. The number of nitrogens with zero attached hydrogens (tertiary/aromatic N) is 1. The smallest absolute Gasteiger partial charge is 0.119 e. The summed E-state index contributed by atoms with van der Waals surface area (Å²) >= 11 is 8.00. The molecular formula is C18H21ClN2OS. The van der Waals surface area contributed by atoms with Gasteiger partial charge in [-0.05, 0) is 43.3 Å². The second-order valence-electron chi connectivity index (χ2n) is 5.69. The molecule has 2 aromatic carbocycles. The van der Waals surface area contributed by atoms with Crippen LogP contribution < -0.4 is 15.0 Å². The molecule has 1 N–H and O–H groups in total. The van der Waals surface area contributed by atoms with E-state index in [-0.39, 0.29) is 0 Å². The van der Waals surface area contributed by atoms with Gasteiger partial charge in [0.25, 0.3) is 0 Å². The Hall–Kier alpha value is -1.36. The number of methoxy groups -OCH3 is 1. The zero-order valence-electron chi connectivity index (χ0n) is 13.4. The van der Waals surface area contributed by atoms with Gasteiger partial charge < -0.3 is 15.0 Å². The quantitative estimate of drug-likeness (QED) is 0.890. The Morgan fingerprint density at radius 2 is 2.13 bits per heavy atom. The van der Waals surface area contributed by atoms with Gasteiger partial charge in [0.05, 0.1) is 12.8 Å². The van der Waals surface area contributed by atoms with E-state index in [1.807, 2.05) is 18.2 Å². The summed E-state index contributed by atoms with van der Waals surface area (Å²) in [5.41, 5.74) is 1.21. The van der Waals surface area contributed by atoms with Gasteiger partial charge in [-0.2, -0.15) is 0 Å². The van der Waals surface area contributed by atoms with Crippen LogP contribution in [0.15, 0.2) is 52.3 Å². The average Bonchev–Trinajstić information content (AvgIpc) is 2.56. The number of rotatable bonds is 4. The van der Waals surface area contributed by atoms with Crippen molar-refractivity contribution in [2.45, 2.75) is 22.8 Å². The van der Waals surface area contributed by atoms with Crippen molar-refractivity contribution in [3.8, 4) is 5.75 Å². The number of hydrogen-bond acceptors (Lipinski definition) is 4. The van der Waals surface area contributed by atoms with E-state index >= 15 is 0 Å². The maximum Gasteiger partial charge on any atom is 0.119 e. The van der Waals surface area contributed by atoms with Gasteiger partial charge in [-0.3, -0.25) is 0 Å². The molecule has 1 aliphatic rings. The topological polar surface area (TPSA) is 24.5 Å². The van der Waals surface area contributed by atoms with Crippen molar-refractivity contribution in [3.63, 3.8) is 0 Å². The SMILES string of the molecule is COc1cccc(Sc2ccc(Cl)cc2N2CCN[C@H](C)C2)c1. The molecular weight excluding hydrogens is 328 g/mol. The molecule has 5 heteroatoms. The zero-order chi connectivity index (χ0) is 16.2. The van der Waals surface area contributed by atoms with Crippen molar-refractivity contribution in [3.05, 3.63) is 47.5 Å². The monoisotopic (exact) mass is 348 g/mol. The number of nitrogens with one attached hydrogen (secondary N) is 1. The molecule has 0 spiro atoms. The molecule has 0 unspecified atom stereocenters. The van der Waals surface area contributed by atoms with E-state index in [1.54, 1.807) is 18.9 Å². The molecule has 0 amide bonds. The van der Waals surface area contributed by atoms with Gasteiger partial charge in [0.15, 0.2) is 0 Å². The summed E-state index contributed by atoms with van der Waals surface area (Å²) in [5, 5.41) is 4.26. The van der Waals surface area contributed by atoms with Gasteiger partial charge in [0.1, 0.15) is 5.75 Å². The van der Waals surface area contributed by atoms with Crippen molar-refractivity contribution in [2.24, 2.45) is 0 Å². The number of benzene rings is 2. The van der Waals surface area contributed by atoms with Gasteiger partial charge in [0.2, 0.25) is 0 Å². The minimum atomic E-state index is 0.484. The summed E-state index contributed by atoms with van der Waals surface area (Å²) in [6, 6.07) is 14.8. The number of halogens is 1. The van der Waals surface area contributed by atoms with Crippen LogP contribution in [-0.2, 0) is 0 Å². The third-order valence-corrected chi connectivity index (χ3v) is 5.19. The Kier molecular flexibility index (Phi) is 5.36. The predicted octanol–water partition coefficient (Wildman–Crippen LogP) is 4.30. The molecule has 0 saturated carbocycles. The fourth-order valence-corrected chi connectivity index (χ4v) is 3.94. The van der Waals surface area contributed by atoms with Crippen LogP contribution in [0, 0.1) is 0 Å². The van der Waals surface area contributed by atoms with Crippen LogP contribution in [0.1, 0.15) is 6.92 Å². The summed E-state index contributed by atoms with van der Waals surface area (Å²) in [6.45, 7) is 5.20. The highest BCUT2D eigenvalue weighted by Gasteiger charge is 2.19. The molecule has 3 nitrogen and oxygen atoms in total. The second-order valence-corrected chi connectivity index (χ2v) is 7.25. The molecule has 2 aromatic rings. The van der Waals surface area contributed by atoms with E-state index in [2.05, 4.69) is 41.4 Å². The molecule has 23 heavy (non-hydrogen) atoms. The fourth-order valence-electron chi connectivity index (χ4n) is 2.77. The van der Waals surface area contributed by atoms with Crippen molar-refractivity contribution < 1.29 is 4.74 Å². The van der Waals surface area contributed by atoms with Crippen LogP contribution in [-0.4, -0.2) is 32.8 Å². The average molecular weight is 349 g/mol. The molecule has 1 atom stereocenters. The Labute approximate surface area is 147 Å². The first-order chi connectivity index (χ1) is 11.2. The molecule has 0 radical (unpaired) electrons. The van der Waals surface area contributed by atoms with E-state index in [0.717, 1.165) is 35.3 Å². The molecule has 3 rings (SSSR count). The molecule has 122 valence electrons. The lowest BCUT2D eigenvalue weighted by Crippen LogP contribution is -2.49. The predicted molar refractivity (Wildman–Crippen MR) is 98.2 cm³/mol. The minimum Gasteiger partial charge on any atom is -0.497 e. The molecule has 0 aliphatic carbocycles. The summed E-state index contributed by atoms with van der Waals surface area (Å²) in [7, 11) is 1.69. The normalized spacial score (nSPS) is 18.0. The van der Waals surface area contributed by atoms with Gasteiger partial charge in [-0.15, -0.1) is 0 Å². The molecule has 0 bridgehead atoms. The first kappa shape index (κ1) is 16.5. The third kappa shape index (κ3) is 4.14. The highest BCUT2D eigenvalue weighted by atomic mass is 35.5. The van der Waals surface area contributed by atoms with E-state index in [0.29, 0.717) is 6.04 Å². The Morgan fingerprint density at radius 3 is 2.91 bits per heavy atom. The Morgan fingerprint density at radius 1 is 1.26 bits per heavy atom. The van der Waals surface area contributed by atoms with Crippen molar-refractivity contribution in [1.82, 2.24) is 5.32 Å². The number of ether oxygens (including phenoxy) is 1. The molecule has 1 fully saturated rings. The summed E-state index contributed by atoms with van der Waals surface area (Å²) in [4.78, 5) is 4.79. The van der Waals surface area contributed by atoms with Gasteiger partial charge in [-0.1, -0.05) is 29.4 Å². The van der Waals surface area contributed by atoms with Crippen LogP contribution in [0.25, 0.3) is 0 Å². The number of anilines is 1. The lowest BCUT2D eigenvalue weighted by molar-refractivity contribution is 0.413. The highest BCUT2D eigenvalue weighted by Crippen LogP contribution is 2.38. The first-order valence-electron chi connectivity index (χ1n) is 7.75. The third-order valence-electron chi connectivity index (χ3n) is 3.90.